The third kappa shape index (κ3) is 3.79. The van der Waals surface area contributed by atoms with Crippen molar-refractivity contribution in [1.29, 1.82) is 0 Å². The molecule has 2 rings (SSSR count). The second-order valence-electron chi connectivity index (χ2n) is 4.07. The van der Waals surface area contributed by atoms with E-state index in [0.29, 0.717) is 25.7 Å². The molecule has 106 valence electrons. The van der Waals surface area contributed by atoms with Crippen LogP contribution in [0.3, 0.4) is 0 Å². The maximum atomic E-state index is 5.75. The summed E-state index contributed by atoms with van der Waals surface area (Å²) < 4.78 is 6.80. The molecule has 0 aliphatic carbocycles. The van der Waals surface area contributed by atoms with Gasteiger partial charge in [0.15, 0.2) is 11.8 Å². The van der Waals surface area contributed by atoms with Gasteiger partial charge in [-0.3, -0.25) is 4.57 Å². The molecule has 2 aromatic rings. The largest absolute Gasteiger partial charge is 0.383 e. The van der Waals surface area contributed by atoms with Gasteiger partial charge in [0.2, 0.25) is 0 Å². The van der Waals surface area contributed by atoms with Crippen LogP contribution in [0.25, 0.3) is 5.69 Å². The second-order valence-corrected chi connectivity index (χ2v) is 4.07. The lowest BCUT2D eigenvalue weighted by Gasteiger charge is -2.06. The van der Waals surface area contributed by atoms with Gasteiger partial charge in [-0.1, -0.05) is 18.2 Å². The molecule has 0 saturated carbocycles. The number of aromatic nitrogens is 3. The van der Waals surface area contributed by atoms with Crippen LogP contribution < -0.4 is 11.1 Å². The van der Waals surface area contributed by atoms with Gasteiger partial charge >= 0.3 is 0 Å². The number of nitrogens with one attached hydrogen (secondary N) is 1. The fraction of sp³-hybridized carbons (Fsp3) is 0.308. The van der Waals surface area contributed by atoms with Gasteiger partial charge in [-0.2, -0.15) is 0 Å². The van der Waals surface area contributed by atoms with Crippen molar-refractivity contribution in [2.24, 2.45) is 10.7 Å². The number of methoxy groups -OCH3 is 1. The quantitative estimate of drug-likeness (QED) is 0.450. The maximum absolute atomic E-state index is 5.75. The minimum absolute atomic E-state index is 0.362. The first-order chi connectivity index (χ1) is 9.81. The molecule has 0 unspecified atom stereocenters. The lowest BCUT2D eigenvalue weighted by atomic mass is 10.3. The summed E-state index contributed by atoms with van der Waals surface area (Å²) in [4.78, 5) is 4.23. The zero-order valence-electron chi connectivity index (χ0n) is 11.4. The average molecular weight is 274 g/mol. The van der Waals surface area contributed by atoms with Crippen LogP contribution >= 0.6 is 0 Å². The van der Waals surface area contributed by atoms with E-state index in [9.17, 15) is 0 Å². The third-order valence-electron chi connectivity index (χ3n) is 2.66. The average Bonchev–Trinajstić information content (AvgIpc) is 2.95. The Bertz CT molecular complexity index is 551. The van der Waals surface area contributed by atoms with Gasteiger partial charge in [0, 0.05) is 19.3 Å². The first-order valence-corrected chi connectivity index (χ1v) is 6.28. The van der Waals surface area contributed by atoms with Gasteiger partial charge in [0.25, 0.3) is 0 Å². The van der Waals surface area contributed by atoms with Gasteiger partial charge < -0.3 is 15.8 Å². The monoisotopic (exact) mass is 274 g/mol. The zero-order valence-corrected chi connectivity index (χ0v) is 11.4. The normalized spacial score (nSPS) is 11.6. The Labute approximate surface area is 117 Å². The second kappa shape index (κ2) is 7.25. The predicted octanol–water partition coefficient (Wildman–Crippen LogP) is 0.318. The minimum atomic E-state index is 0.362. The third-order valence-corrected chi connectivity index (χ3v) is 2.66. The number of para-hydroxylation sites is 1. The molecule has 20 heavy (non-hydrogen) atoms. The van der Waals surface area contributed by atoms with E-state index >= 15 is 0 Å². The molecule has 1 heterocycles. The molecule has 7 nitrogen and oxygen atoms in total. The molecule has 0 saturated heterocycles. The number of hydrogen-bond donors (Lipinski definition) is 2. The highest BCUT2D eigenvalue weighted by Crippen LogP contribution is 2.09. The van der Waals surface area contributed by atoms with Crippen molar-refractivity contribution < 1.29 is 4.74 Å². The first kappa shape index (κ1) is 14.0. The number of aliphatic imine (C=N–C) groups is 1. The maximum Gasteiger partial charge on any atom is 0.189 e. The first-order valence-electron chi connectivity index (χ1n) is 6.28. The van der Waals surface area contributed by atoms with Gasteiger partial charge in [-0.15, -0.1) is 10.2 Å². The highest BCUT2D eigenvalue weighted by molar-refractivity contribution is 5.77. The number of guanidine groups is 1. The molecule has 0 aliphatic heterocycles. The topological polar surface area (TPSA) is 90.3 Å². The van der Waals surface area contributed by atoms with Crippen molar-refractivity contribution in [1.82, 2.24) is 20.1 Å². The molecule has 0 atom stereocenters. The summed E-state index contributed by atoms with van der Waals surface area (Å²) >= 11 is 0. The molecule has 0 amide bonds. The van der Waals surface area contributed by atoms with Crippen LogP contribution in [0.15, 0.2) is 41.7 Å². The molecular weight excluding hydrogens is 256 g/mol. The molecule has 0 spiro atoms. The highest BCUT2D eigenvalue weighted by atomic mass is 16.5. The van der Waals surface area contributed by atoms with Crippen molar-refractivity contribution in [3.8, 4) is 5.69 Å². The van der Waals surface area contributed by atoms with Crippen molar-refractivity contribution in [3.63, 3.8) is 0 Å². The van der Waals surface area contributed by atoms with E-state index in [1.54, 1.807) is 13.4 Å². The van der Waals surface area contributed by atoms with Gasteiger partial charge in [-0.05, 0) is 12.1 Å². The van der Waals surface area contributed by atoms with Crippen LogP contribution in [0.2, 0.25) is 0 Å². The van der Waals surface area contributed by atoms with E-state index in [4.69, 9.17) is 10.5 Å². The van der Waals surface area contributed by atoms with Crippen molar-refractivity contribution in [3.05, 3.63) is 42.5 Å². The molecular formula is C13H18N6O. The van der Waals surface area contributed by atoms with Crippen molar-refractivity contribution >= 4 is 5.96 Å². The van der Waals surface area contributed by atoms with E-state index in [1.807, 2.05) is 34.9 Å². The molecule has 1 aromatic carbocycles. The van der Waals surface area contributed by atoms with E-state index in [-0.39, 0.29) is 0 Å². The van der Waals surface area contributed by atoms with Gasteiger partial charge in [-0.25, -0.2) is 4.99 Å². The Kier molecular flexibility index (Phi) is 5.08. The summed E-state index contributed by atoms with van der Waals surface area (Å²) in [7, 11) is 1.64. The van der Waals surface area contributed by atoms with Crippen LogP contribution in [0.5, 0.6) is 0 Å². The smallest absolute Gasteiger partial charge is 0.189 e. The zero-order chi connectivity index (χ0) is 14.2. The van der Waals surface area contributed by atoms with Gasteiger partial charge in [0.05, 0.1) is 6.61 Å². The number of nitrogens with two attached hydrogens (primary N) is 1. The molecule has 0 bridgehead atoms. The number of nitrogens with zero attached hydrogens (tertiary/aromatic N) is 4. The Morgan fingerprint density at radius 2 is 2.20 bits per heavy atom. The Hall–Kier alpha value is -2.41. The van der Waals surface area contributed by atoms with E-state index in [0.717, 1.165) is 11.5 Å². The molecule has 1 aromatic heterocycles. The summed E-state index contributed by atoms with van der Waals surface area (Å²) in [6.07, 6.45) is 1.66. The number of hydrogen-bond acceptors (Lipinski definition) is 4. The Morgan fingerprint density at radius 3 is 2.95 bits per heavy atom. The summed E-state index contributed by atoms with van der Waals surface area (Å²) in [5.41, 5.74) is 6.74. The summed E-state index contributed by atoms with van der Waals surface area (Å²) in [5.74, 6) is 1.09. The van der Waals surface area contributed by atoms with Crippen LogP contribution in [0.1, 0.15) is 5.82 Å². The number of benzene rings is 1. The van der Waals surface area contributed by atoms with Crippen molar-refractivity contribution in [2.45, 2.75) is 6.54 Å². The van der Waals surface area contributed by atoms with Gasteiger partial charge in [0.1, 0.15) is 12.9 Å². The van der Waals surface area contributed by atoms with Crippen molar-refractivity contribution in [2.75, 3.05) is 20.3 Å². The molecule has 3 N–H and O–H groups in total. The van der Waals surface area contributed by atoms with E-state index < -0.39 is 0 Å². The van der Waals surface area contributed by atoms with Crippen LogP contribution in [0, 0.1) is 0 Å². The Morgan fingerprint density at radius 1 is 1.40 bits per heavy atom. The lowest BCUT2D eigenvalue weighted by molar-refractivity contribution is 0.204. The molecule has 0 radical (unpaired) electrons. The van der Waals surface area contributed by atoms with E-state index in [2.05, 4.69) is 20.5 Å². The lowest BCUT2D eigenvalue weighted by Crippen LogP contribution is -2.34. The standard InChI is InChI=1S/C13H18N6O/c1-20-8-7-15-13(14)16-9-12-18-17-10-19(12)11-5-3-2-4-6-11/h2-6,10H,7-9H2,1H3,(H3,14,15,16). The highest BCUT2D eigenvalue weighted by Gasteiger charge is 2.05. The SMILES string of the molecule is COCCNC(N)=NCc1nncn1-c1ccccc1. The number of ether oxygens (including phenoxy) is 1. The minimum Gasteiger partial charge on any atom is -0.383 e. The van der Waals surface area contributed by atoms with Crippen LogP contribution in [0.4, 0.5) is 0 Å². The van der Waals surface area contributed by atoms with Crippen LogP contribution in [-0.2, 0) is 11.3 Å². The molecule has 0 aliphatic rings. The summed E-state index contributed by atoms with van der Waals surface area (Å²) in [5, 5.41) is 10.9. The summed E-state index contributed by atoms with van der Waals surface area (Å²) in [6, 6.07) is 9.85. The fourth-order valence-electron chi connectivity index (χ4n) is 1.66. The number of rotatable bonds is 6. The molecule has 7 heteroatoms. The Balaban J connectivity index is 2.01. The fourth-order valence-corrected chi connectivity index (χ4v) is 1.66. The predicted molar refractivity (Wildman–Crippen MR) is 76.6 cm³/mol. The molecule has 0 fully saturated rings. The van der Waals surface area contributed by atoms with E-state index in [1.165, 1.54) is 0 Å². The summed E-state index contributed by atoms with van der Waals surface area (Å²) in [6.45, 7) is 1.56. The van der Waals surface area contributed by atoms with Crippen LogP contribution in [-0.4, -0.2) is 41.0 Å².